The molecule has 0 spiro atoms. The monoisotopic (exact) mass is 230 g/mol. The zero-order chi connectivity index (χ0) is 11.8. The molecule has 2 rings (SSSR count). The van der Waals surface area contributed by atoms with Gasteiger partial charge in [-0.3, -0.25) is 0 Å². The van der Waals surface area contributed by atoms with E-state index in [4.69, 9.17) is 0 Å². The lowest BCUT2D eigenvalue weighted by atomic mass is 10.3. The Morgan fingerprint density at radius 3 is 2.31 bits per heavy atom. The lowest BCUT2D eigenvalue weighted by Gasteiger charge is -1.98. The molecule has 0 aliphatic carbocycles. The number of para-hydroxylation sites is 1. The Balaban J connectivity index is 2.53. The van der Waals surface area contributed by atoms with Crippen molar-refractivity contribution in [3.8, 4) is 5.69 Å². The molecule has 4 nitrogen and oxygen atoms in total. The minimum absolute atomic E-state index is 0.215. The third kappa shape index (κ3) is 1.83. The maximum atomic E-state index is 12.2. The smallest absolute Gasteiger partial charge is 0.383 e. The van der Waals surface area contributed by atoms with Gasteiger partial charge in [-0.05, 0) is 12.1 Å². The van der Waals surface area contributed by atoms with Crippen LogP contribution in [0.4, 0.5) is 13.2 Å². The highest BCUT2D eigenvalue weighted by Crippen LogP contribution is 2.26. The van der Waals surface area contributed by atoms with E-state index in [1.165, 1.54) is 12.1 Å². The molecule has 7 heteroatoms. The molecule has 16 heavy (non-hydrogen) atoms. The first-order valence-electron chi connectivity index (χ1n) is 4.21. The van der Waals surface area contributed by atoms with Crippen molar-refractivity contribution < 1.29 is 17.6 Å². The molecule has 84 valence electrons. The minimum atomic E-state index is -4.76. The quantitative estimate of drug-likeness (QED) is 0.751. The Morgan fingerprint density at radius 1 is 1.19 bits per heavy atom. The molecule has 0 unspecified atom stereocenters. The summed E-state index contributed by atoms with van der Waals surface area (Å²) in [7, 11) is 0. The predicted octanol–water partition coefficient (Wildman–Crippen LogP) is 1.84. The average molecular weight is 230 g/mol. The van der Waals surface area contributed by atoms with Crippen LogP contribution in [0.2, 0.25) is 0 Å². The van der Waals surface area contributed by atoms with Crippen LogP contribution in [0.3, 0.4) is 0 Å². The fourth-order valence-electron chi connectivity index (χ4n) is 1.12. The second kappa shape index (κ2) is 3.51. The number of benzene rings is 1. The Morgan fingerprint density at radius 2 is 1.81 bits per heavy atom. The number of aromatic nitrogens is 2. The predicted molar refractivity (Wildman–Crippen MR) is 47.1 cm³/mol. The van der Waals surface area contributed by atoms with Gasteiger partial charge in [-0.1, -0.05) is 18.2 Å². The summed E-state index contributed by atoms with van der Waals surface area (Å²) in [4.78, 5) is 11.1. The lowest BCUT2D eigenvalue weighted by Crippen LogP contribution is -2.13. The Bertz CT molecular complexity index is 542. The van der Waals surface area contributed by atoms with Crippen LogP contribution >= 0.6 is 0 Å². The largest absolute Gasteiger partial charge is 0.470 e. The number of hydrogen-bond donors (Lipinski definition) is 0. The van der Waals surface area contributed by atoms with E-state index in [2.05, 4.69) is 9.52 Å². The van der Waals surface area contributed by atoms with Crippen molar-refractivity contribution in [2.45, 2.75) is 6.18 Å². The standard InChI is InChI=1S/C9H5F3N2O2/c10-9(11,12)7-13-14(8(15)16-7)6-4-2-1-3-5-6/h1-5H. The van der Waals surface area contributed by atoms with Crippen LogP contribution in [0.15, 0.2) is 39.5 Å². The molecule has 0 radical (unpaired) electrons. The molecule has 0 aliphatic rings. The summed E-state index contributed by atoms with van der Waals surface area (Å²) in [6, 6.07) is 7.71. The van der Waals surface area contributed by atoms with Gasteiger partial charge in [0.1, 0.15) is 0 Å². The number of rotatable bonds is 1. The summed E-state index contributed by atoms with van der Waals surface area (Å²) in [6.07, 6.45) is -4.76. The Labute approximate surface area is 86.9 Å². The molecule has 0 saturated heterocycles. The minimum Gasteiger partial charge on any atom is -0.383 e. The van der Waals surface area contributed by atoms with E-state index in [9.17, 15) is 18.0 Å². The van der Waals surface area contributed by atoms with Crippen LogP contribution < -0.4 is 5.76 Å². The van der Waals surface area contributed by atoms with Gasteiger partial charge in [-0.2, -0.15) is 17.9 Å². The first-order valence-corrected chi connectivity index (χ1v) is 4.21. The highest BCUT2D eigenvalue weighted by Gasteiger charge is 2.38. The van der Waals surface area contributed by atoms with Crippen LogP contribution in [-0.2, 0) is 6.18 Å². The molecule has 1 aromatic carbocycles. The lowest BCUT2D eigenvalue weighted by molar-refractivity contribution is -0.157. The normalized spacial score (nSPS) is 11.7. The summed E-state index contributed by atoms with van der Waals surface area (Å²) < 4.78 is 41.1. The van der Waals surface area contributed by atoms with Gasteiger partial charge < -0.3 is 4.42 Å². The van der Waals surface area contributed by atoms with E-state index in [-0.39, 0.29) is 5.69 Å². The fourth-order valence-corrected chi connectivity index (χ4v) is 1.12. The first kappa shape index (κ1) is 10.5. The third-order valence-electron chi connectivity index (χ3n) is 1.79. The first-order chi connectivity index (χ1) is 7.48. The van der Waals surface area contributed by atoms with E-state index in [1.54, 1.807) is 18.2 Å². The van der Waals surface area contributed by atoms with Crippen molar-refractivity contribution in [3.63, 3.8) is 0 Å². The van der Waals surface area contributed by atoms with Gasteiger partial charge in [-0.15, -0.1) is 5.10 Å². The van der Waals surface area contributed by atoms with Gasteiger partial charge in [0.05, 0.1) is 5.69 Å². The maximum Gasteiger partial charge on any atom is 0.470 e. The van der Waals surface area contributed by atoms with E-state index in [0.717, 1.165) is 0 Å². The SMILES string of the molecule is O=c1oc(C(F)(F)F)nn1-c1ccccc1. The van der Waals surface area contributed by atoms with Gasteiger partial charge in [-0.25, -0.2) is 4.79 Å². The van der Waals surface area contributed by atoms with Gasteiger partial charge in [0.15, 0.2) is 0 Å². The van der Waals surface area contributed by atoms with Gasteiger partial charge in [0, 0.05) is 0 Å². The molecule has 0 atom stereocenters. The summed E-state index contributed by atoms with van der Waals surface area (Å²) >= 11 is 0. The van der Waals surface area contributed by atoms with Gasteiger partial charge in [0.2, 0.25) is 0 Å². The molecule has 2 aromatic rings. The molecule has 0 N–H and O–H groups in total. The van der Waals surface area contributed by atoms with E-state index in [0.29, 0.717) is 4.68 Å². The van der Waals surface area contributed by atoms with Crippen LogP contribution in [0, 0.1) is 0 Å². The molecular weight excluding hydrogens is 225 g/mol. The second-order valence-electron chi connectivity index (χ2n) is 2.92. The number of hydrogen-bond acceptors (Lipinski definition) is 3. The van der Waals surface area contributed by atoms with E-state index >= 15 is 0 Å². The zero-order valence-corrected chi connectivity index (χ0v) is 7.73. The number of alkyl halides is 3. The highest BCUT2D eigenvalue weighted by atomic mass is 19.4. The van der Waals surface area contributed by atoms with Crippen LogP contribution in [0.5, 0.6) is 0 Å². The molecular formula is C9H5F3N2O2. The summed E-state index contributed by atoms with van der Waals surface area (Å²) in [5.74, 6) is -2.72. The molecule has 0 amide bonds. The molecule has 0 aliphatic heterocycles. The molecule has 1 heterocycles. The van der Waals surface area contributed by atoms with Crippen molar-refractivity contribution in [2.24, 2.45) is 0 Å². The zero-order valence-electron chi connectivity index (χ0n) is 7.73. The Hall–Kier alpha value is -2.05. The van der Waals surface area contributed by atoms with Crippen molar-refractivity contribution in [1.82, 2.24) is 9.78 Å². The topological polar surface area (TPSA) is 48.0 Å². The average Bonchev–Trinajstić information content (AvgIpc) is 2.61. The second-order valence-corrected chi connectivity index (χ2v) is 2.92. The van der Waals surface area contributed by atoms with Crippen LogP contribution in [-0.4, -0.2) is 9.78 Å². The van der Waals surface area contributed by atoms with Gasteiger partial charge in [0.25, 0.3) is 0 Å². The van der Waals surface area contributed by atoms with Gasteiger partial charge >= 0.3 is 17.8 Å². The maximum absolute atomic E-state index is 12.2. The molecule has 0 bridgehead atoms. The number of nitrogens with zero attached hydrogens (tertiary/aromatic N) is 2. The molecule has 0 fully saturated rings. The van der Waals surface area contributed by atoms with Crippen molar-refractivity contribution in [1.29, 1.82) is 0 Å². The van der Waals surface area contributed by atoms with Crippen LogP contribution in [0.1, 0.15) is 5.89 Å². The third-order valence-corrected chi connectivity index (χ3v) is 1.79. The summed E-state index contributed by atoms with van der Waals surface area (Å²) in [5, 5.41) is 3.06. The summed E-state index contributed by atoms with van der Waals surface area (Å²) in [6.45, 7) is 0. The number of halogens is 3. The van der Waals surface area contributed by atoms with E-state index < -0.39 is 17.8 Å². The van der Waals surface area contributed by atoms with E-state index in [1.807, 2.05) is 0 Å². The van der Waals surface area contributed by atoms with Crippen LogP contribution in [0.25, 0.3) is 5.69 Å². The highest BCUT2D eigenvalue weighted by molar-refractivity contribution is 5.29. The Kier molecular flexibility index (Phi) is 2.30. The fraction of sp³-hybridized carbons (Fsp3) is 0.111. The summed E-state index contributed by atoms with van der Waals surface area (Å²) in [5.41, 5.74) is 0.215. The van der Waals surface area contributed by atoms with Crippen molar-refractivity contribution in [3.05, 3.63) is 46.8 Å². The van der Waals surface area contributed by atoms with Crippen molar-refractivity contribution in [2.75, 3.05) is 0 Å². The molecule has 0 saturated carbocycles. The molecule has 1 aromatic heterocycles. The van der Waals surface area contributed by atoms with Crippen molar-refractivity contribution >= 4 is 0 Å².